The average molecular weight is 440 g/mol. The monoisotopic (exact) mass is 440 g/mol. The van der Waals surface area contributed by atoms with Crippen LogP contribution in [0, 0.1) is 0 Å². The second-order valence-corrected chi connectivity index (χ2v) is 10.7. The molecule has 1 aliphatic heterocycles. The normalized spacial score (nSPS) is 14.2. The molecule has 154 valence electrons. The van der Waals surface area contributed by atoms with E-state index in [2.05, 4.69) is 0 Å². The van der Waals surface area contributed by atoms with Crippen LogP contribution in [0.1, 0.15) is 26.3 Å². The number of sulfonamides is 1. The Morgan fingerprint density at radius 1 is 0.966 bits per heavy atom. The van der Waals surface area contributed by atoms with Gasteiger partial charge in [-0.05, 0) is 5.56 Å². The maximum absolute atomic E-state index is 12.8. The van der Waals surface area contributed by atoms with Gasteiger partial charge in [-0.25, -0.2) is 16.8 Å². The average Bonchev–Trinajstić information content (AvgIpc) is 2.83. The predicted molar refractivity (Wildman–Crippen MR) is 103 cm³/mol. The molecule has 2 amide bonds. The maximum atomic E-state index is 12.8. The van der Waals surface area contributed by atoms with Gasteiger partial charge >= 0.3 is 0 Å². The third-order valence-corrected chi connectivity index (χ3v) is 7.50. The SMILES string of the molecule is CS(=O)(=O)CS(=O)(=O)Nc1cc(O)c(O)c2c1C(=O)N(Cc1ccccc1)C2=O. The Bertz CT molecular complexity index is 1220. The standard InChI is InChI=1S/C17H16N2O8S2/c1-28(24,25)9-29(26,27)18-11-7-12(20)15(21)14-13(11)16(22)19(17(14)23)8-10-5-3-2-4-6-10/h2-7,18,20-21H,8-9H2,1H3. The van der Waals surface area contributed by atoms with Crippen molar-refractivity contribution in [2.24, 2.45) is 0 Å². The van der Waals surface area contributed by atoms with Crippen molar-refractivity contribution in [3.63, 3.8) is 0 Å². The molecule has 0 saturated carbocycles. The summed E-state index contributed by atoms with van der Waals surface area (Å²) in [5.74, 6) is -3.55. The molecule has 29 heavy (non-hydrogen) atoms. The topological polar surface area (TPSA) is 158 Å². The number of sulfone groups is 1. The van der Waals surface area contributed by atoms with E-state index in [4.69, 9.17) is 0 Å². The number of benzene rings is 2. The number of nitrogens with zero attached hydrogens (tertiary/aromatic N) is 1. The molecule has 0 bridgehead atoms. The molecule has 0 atom stereocenters. The summed E-state index contributed by atoms with van der Waals surface area (Å²) in [7, 11) is -8.41. The van der Waals surface area contributed by atoms with Gasteiger partial charge in [0.15, 0.2) is 26.4 Å². The van der Waals surface area contributed by atoms with Crippen LogP contribution in [-0.2, 0) is 26.4 Å². The minimum Gasteiger partial charge on any atom is -0.504 e. The summed E-state index contributed by atoms with van der Waals surface area (Å²) in [6.45, 7) is -0.150. The second kappa shape index (κ2) is 7.04. The third-order valence-electron chi connectivity index (χ3n) is 4.02. The fourth-order valence-electron chi connectivity index (χ4n) is 2.92. The molecule has 12 heteroatoms. The molecule has 0 fully saturated rings. The molecule has 0 radical (unpaired) electrons. The molecule has 3 rings (SSSR count). The van der Waals surface area contributed by atoms with Gasteiger partial charge in [0.1, 0.15) is 5.56 Å². The van der Waals surface area contributed by atoms with E-state index >= 15 is 0 Å². The van der Waals surface area contributed by atoms with Gasteiger partial charge in [0, 0.05) is 12.3 Å². The zero-order valence-corrected chi connectivity index (χ0v) is 16.6. The second-order valence-electron chi connectivity index (χ2n) is 6.48. The highest BCUT2D eigenvalue weighted by molar-refractivity contribution is 8.08. The van der Waals surface area contributed by atoms with Crippen LogP contribution in [0.2, 0.25) is 0 Å². The van der Waals surface area contributed by atoms with Crippen LogP contribution >= 0.6 is 0 Å². The van der Waals surface area contributed by atoms with Crippen molar-refractivity contribution in [3.05, 3.63) is 53.1 Å². The first kappa shape index (κ1) is 20.6. The fourth-order valence-corrected chi connectivity index (χ4v) is 5.91. The fraction of sp³-hybridized carbons (Fsp3) is 0.176. The lowest BCUT2D eigenvalue weighted by Gasteiger charge is -2.14. The number of hydrogen-bond acceptors (Lipinski definition) is 8. The number of amides is 2. The van der Waals surface area contributed by atoms with Crippen molar-refractivity contribution in [1.82, 2.24) is 4.90 Å². The van der Waals surface area contributed by atoms with Crippen LogP contribution in [0.15, 0.2) is 36.4 Å². The molecular formula is C17H16N2O8S2. The van der Waals surface area contributed by atoms with E-state index in [0.717, 1.165) is 11.0 Å². The molecule has 0 aromatic heterocycles. The number of nitrogens with one attached hydrogen (secondary N) is 1. The van der Waals surface area contributed by atoms with Crippen molar-refractivity contribution in [2.75, 3.05) is 16.1 Å². The van der Waals surface area contributed by atoms with Crippen LogP contribution < -0.4 is 4.72 Å². The van der Waals surface area contributed by atoms with E-state index in [9.17, 15) is 36.6 Å². The Morgan fingerprint density at radius 2 is 1.55 bits per heavy atom. The Hall–Kier alpha value is -3.12. The van der Waals surface area contributed by atoms with Gasteiger partial charge in [-0.1, -0.05) is 30.3 Å². The summed E-state index contributed by atoms with van der Waals surface area (Å²) in [6.07, 6.45) is 0.710. The van der Waals surface area contributed by atoms with E-state index < -0.39 is 65.1 Å². The quantitative estimate of drug-likeness (QED) is 0.335. The number of fused-ring (bicyclic) bond motifs is 1. The summed E-state index contributed by atoms with van der Waals surface area (Å²) in [5, 5.41) is 18.7. The molecule has 0 spiro atoms. The summed E-state index contributed by atoms with van der Waals surface area (Å²) >= 11 is 0. The number of hydrogen-bond donors (Lipinski definition) is 3. The summed E-state index contributed by atoms with van der Waals surface area (Å²) in [5.41, 5.74) is -0.945. The van der Waals surface area contributed by atoms with Gasteiger partial charge in [0.25, 0.3) is 11.8 Å². The van der Waals surface area contributed by atoms with Gasteiger partial charge in [0.05, 0.1) is 17.8 Å². The Balaban J connectivity index is 2.06. The number of anilines is 1. The predicted octanol–water partition coefficient (Wildman–Crippen LogP) is 0.638. The maximum Gasteiger partial charge on any atom is 0.265 e. The zero-order chi connectivity index (χ0) is 21.6. The smallest absolute Gasteiger partial charge is 0.265 e. The molecule has 1 aliphatic rings. The lowest BCUT2D eigenvalue weighted by Crippen LogP contribution is -2.29. The highest BCUT2D eigenvalue weighted by atomic mass is 32.3. The van der Waals surface area contributed by atoms with Crippen molar-refractivity contribution in [2.45, 2.75) is 6.54 Å². The summed E-state index contributed by atoms with van der Waals surface area (Å²) in [4.78, 5) is 26.3. The number of imide groups is 1. The van der Waals surface area contributed by atoms with Crippen LogP contribution in [0.25, 0.3) is 0 Å². The lowest BCUT2D eigenvalue weighted by atomic mass is 10.1. The van der Waals surface area contributed by atoms with Gasteiger partial charge in [0.2, 0.25) is 10.0 Å². The van der Waals surface area contributed by atoms with Gasteiger partial charge in [-0.15, -0.1) is 0 Å². The zero-order valence-electron chi connectivity index (χ0n) is 15.0. The molecule has 10 nitrogen and oxygen atoms in total. The van der Waals surface area contributed by atoms with Gasteiger partial charge in [-0.3, -0.25) is 19.2 Å². The third kappa shape index (κ3) is 4.17. The highest BCUT2D eigenvalue weighted by Crippen LogP contribution is 2.42. The Morgan fingerprint density at radius 3 is 2.14 bits per heavy atom. The molecular weight excluding hydrogens is 424 g/mol. The van der Waals surface area contributed by atoms with Crippen molar-refractivity contribution in [3.8, 4) is 11.5 Å². The molecule has 0 saturated heterocycles. The number of carbonyl (C=O) groups excluding carboxylic acids is 2. The summed E-state index contributed by atoms with van der Waals surface area (Å²) in [6, 6.07) is 9.20. The molecule has 2 aromatic carbocycles. The largest absolute Gasteiger partial charge is 0.504 e. The Labute approximate surface area is 166 Å². The van der Waals surface area contributed by atoms with E-state index in [1.807, 2.05) is 4.72 Å². The number of aromatic hydroxyl groups is 2. The van der Waals surface area contributed by atoms with Crippen molar-refractivity contribution >= 4 is 37.4 Å². The van der Waals surface area contributed by atoms with Crippen molar-refractivity contribution < 1.29 is 36.6 Å². The highest BCUT2D eigenvalue weighted by Gasteiger charge is 2.42. The molecule has 2 aromatic rings. The molecule has 0 unspecified atom stereocenters. The number of rotatable bonds is 6. The number of phenols is 2. The van der Waals surface area contributed by atoms with Crippen LogP contribution in [0.3, 0.4) is 0 Å². The van der Waals surface area contributed by atoms with Gasteiger partial charge in [-0.2, -0.15) is 0 Å². The minimum atomic E-state index is -4.47. The molecule has 1 heterocycles. The van der Waals surface area contributed by atoms with E-state index in [0.29, 0.717) is 11.8 Å². The first-order valence-electron chi connectivity index (χ1n) is 8.07. The van der Waals surface area contributed by atoms with Crippen LogP contribution in [0.5, 0.6) is 11.5 Å². The van der Waals surface area contributed by atoms with E-state index in [-0.39, 0.29) is 6.54 Å². The van der Waals surface area contributed by atoms with E-state index in [1.54, 1.807) is 30.3 Å². The molecule has 0 aliphatic carbocycles. The van der Waals surface area contributed by atoms with E-state index in [1.165, 1.54) is 0 Å². The van der Waals surface area contributed by atoms with Gasteiger partial charge < -0.3 is 10.2 Å². The minimum absolute atomic E-state index is 0.150. The van der Waals surface area contributed by atoms with Crippen LogP contribution in [0.4, 0.5) is 5.69 Å². The number of carbonyl (C=O) groups is 2. The van der Waals surface area contributed by atoms with Crippen molar-refractivity contribution in [1.29, 1.82) is 0 Å². The summed E-state index contributed by atoms with van der Waals surface area (Å²) < 4.78 is 48.8. The Kier molecular flexibility index (Phi) is 5.01. The first-order chi connectivity index (χ1) is 13.4. The first-order valence-corrected chi connectivity index (χ1v) is 11.8. The lowest BCUT2D eigenvalue weighted by molar-refractivity contribution is 0.0641. The van der Waals surface area contributed by atoms with Crippen LogP contribution in [-0.4, -0.2) is 55.1 Å². The number of phenolic OH excluding ortho intramolecular Hbond substituents is 2. The molecule has 3 N–H and O–H groups in total.